The normalized spacial score (nSPS) is 14.5. The molecule has 0 aromatic carbocycles. The molecule has 0 aliphatic heterocycles. The fourth-order valence-electron chi connectivity index (χ4n) is 1.22. The molecule has 0 radical (unpaired) electrons. The molecule has 1 rings (SSSR count). The van der Waals surface area contributed by atoms with E-state index in [1.165, 1.54) is 0 Å². The van der Waals surface area contributed by atoms with Crippen LogP contribution in [0.5, 0.6) is 5.75 Å². The molecule has 1 aromatic heterocycles. The number of hydrogen-bond donors (Lipinski definition) is 0. The third-order valence-corrected chi connectivity index (χ3v) is 4.34. The van der Waals surface area contributed by atoms with Gasteiger partial charge in [0.1, 0.15) is 5.82 Å². The minimum absolute atomic E-state index is 0.269. The maximum Gasteiger partial charge on any atom is 0.362 e. The molecule has 0 fully saturated rings. The van der Waals surface area contributed by atoms with Crippen molar-refractivity contribution in [2.24, 2.45) is 4.76 Å². The molecule has 0 bridgehead atoms. The van der Waals surface area contributed by atoms with E-state index < -0.39 is 6.64 Å². The quantitative estimate of drug-likeness (QED) is 0.438. The van der Waals surface area contributed by atoms with Crippen LogP contribution in [0.4, 0.5) is 0 Å². The van der Waals surface area contributed by atoms with Gasteiger partial charge in [-0.05, 0) is 6.92 Å². The van der Waals surface area contributed by atoms with E-state index in [4.69, 9.17) is 20.9 Å². The molecule has 20 heavy (non-hydrogen) atoms. The summed E-state index contributed by atoms with van der Waals surface area (Å²) < 4.78 is 15.4. The SMILES string of the molecule is CCOP(=S)(N=CN(C)C)Oc1cnc(C(C)C)nc1. The third kappa shape index (κ3) is 5.53. The zero-order valence-electron chi connectivity index (χ0n) is 12.5. The van der Waals surface area contributed by atoms with Crippen LogP contribution in [0, 0.1) is 0 Å². The summed E-state index contributed by atoms with van der Waals surface area (Å²) >= 11 is 5.37. The van der Waals surface area contributed by atoms with E-state index in [0.717, 1.165) is 5.82 Å². The van der Waals surface area contributed by atoms with Crippen LogP contribution in [0.15, 0.2) is 17.2 Å². The Morgan fingerprint density at radius 1 is 1.40 bits per heavy atom. The van der Waals surface area contributed by atoms with Crippen LogP contribution in [-0.4, -0.2) is 41.9 Å². The van der Waals surface area contributed by atoms with Crippen molar-refractivity contribution in [3.05, 3.63) is 18.2 Å². The largest absolute Gasteiger partial charge is 0.424 e. The minimum atomic E-state index is -2.75. The van der Waals surface area contributed by atoms with Gasteiger partial charge in [0.2, 0.25) is 0 Å². The molecule has 112 valence electrons. The summed E-state index contributed by atoms with van der Waals surface area (Å²) in [5.74, 6) is 1.51. The van der Waals surface area contributed by atoms with Gasteiger partial charge in [0.05, 0.1) is 25.3 Å². The molecule has 0 aliphatic carbocycles. The van der Waals surface area contributed by atoms with Gasteiger partial charge in [0, 0.05) is 31.8 Å². The summed E-state index contributed by atoms with van der Waals surface area (Å²) in [6, 6.07) is 0. The average molecular weight is 316 g/mol. The maximum absolute atomic E-state index is 5.68. The first-order valence-corrected chi connectivity index (χ1v) is 8.93. The van der Waals surface area contributed by atoms with Crippen molar-refractivity contribution < 1.29 is 9.05 Å². The van der Waals surface area contributed by atoms with Crippen molar-refractivity contribution in [1.82, 2.24) is 14.9 Å². The molecule has 0 spiro atoms. The number of aromatic nitrogens is 2. The highest BCUT2D eigenvalue weighted by Gasteiger charge is 2.19. The second kappa shape index (κ2) is 7.67. The maximum atomic E-state index is 5.68. The zero-order valence-corrected chi connectivity index (χ0v) is 14.2. The highest BCUT2D eigenvalue weighted by atomic mass is 32.5. The monoisotopic (exact) mass is 316 g/mol. The average Bonchev–Trinajstić information content (AvgIpc) is 2.37. The Morgan fingerprint density at radius 3 is 2.45 bits per heavy atom. The topological polar surface area (TPSA) is 59.8 Å². The summed E-state index contributed by atoms with van der Waals surface area (Å²) in [5.41, 5.74) is 0. The first-order chi connectivity index (χ1) is 9.36. The fourth-order valence-corrected chi connectivity index (χ4v) is 3.11. The summed E-state index contributed by atoms with van der Waals surface area (Å²) in [7, 11) is 3.71. The summed E-state index contributed by atoms with van der Waals surface area (Å²) in [4.78, 5) is 10.3. The highest BCUT2D eigenvalue weighted by Crippen LogP contribution is 2.49. The zero-order chi connectivity index (χ0) is 15.2. The Morgan fingerprint density at radius 2 is 2.00 bits per heavy atom. The predicted octanol–water partition coefficient (Wildman–Crippen LogP) is 2.83. The Kier molecular flexibility index (Phi) is 6.52. The second-order valence-electron chi connectivity index (χ2n) is 4.60. The lowest BCUT2D eigenvalue weighted by Gasteiger charge is -2.18. The number of rotatable bonds is 7. The molecule has 1 heterocycles. The minimum Gasteiger partial charge on any atom is -0.424 e. The number of nitrogens with zero attached hydrogens (tertiary/aromatic N) is 4. The lowest BCUT2D eigenvalue weighted by Crippen LogP contribution is -2.08. The van der Waals surface area contributed by atoms with Crippen LogP contribution < -0.4 is 4.52 Å². The number of hydrogen-bond acceptors (Lipinski definition) is 5. The van der Waals surface area contributed by atoms with Crippen molar-refractivity contribution in [3.8, 4) is 5.75 Å². The van der Waals surface area contributed by atoms with Gasteiger partial charge in [-0.1, -0.05) is 13.8 Å². The van der Waals surface area contributed by atoms with Gasteiger partial charge in [-0.3, -0.25) is 0 Å². The summed E-state index contributed by atoms with van der Waals surface area (Å²) in [5, 5.41) is 0. The Bertz CT molecular complexity index is 491. The third-order valence-electron chi connectivity index (χ3n) is 2.10. The molecule has 6 nitrogen and oxygen atoms in total. The van der Waals surface area contributed by atoms with Crippen molar-refractivity contribution in [1.29, 1.82) is 0 Å². The molecule has 1 aromatic rings. The van der Waals surface area contributed by atoms with E-state index in [9.17, 15) is 0 Å². The van der Waals surface area contributed by atoms with Crippen LogP contribution in [0.3, 0.4) is 0 Å². The van der Waals surface area contributed by atoms with Crippen LogP contribution in [0.25, 0.3) is 0 Å². The molecule has 0 N–H and O–H groups in total. The van der Waals surface area contributed by atoms with E-state index in [2.05, 4.69) is 14.7 Å². The first-order valence-electron chi connectivity index (χ1n) is 6.34. The molecule has 0 saturated heterocycles. The van der Waals surface area contributed by atoms with Gasteiger partial charge in [0.25, 0.3) is 0 Å². The molecule has 8 heteroatoms. The van der Waals surface area contributed by atoms with Gasteiger partial charge in [-0.2, -0.15) is 4.76 Å². The lowest BCUT2D eigenvalue weighted by molar-refractivity contribution is 0.331. The van der Waals surface area contributed by atoms with Crippen molar-refractivity contribution in [2.45, 2.75) is 26.7 Å². The summed E-state index contributed by atoms with van der Waals surface area (Å²) in [6.45, 7) is 3.60. The van der Waals surface area contributed by atoms with E-state index in [0.29, 0.717) is 12.4 Å². The van der Waals surface area contributed by atoms with Gasteiger partial charge in [0.15, 0.2) is 5.75 Å². The van der Waals surface area contributed by atoms with Crippen LogP contribution in [0.2, 0.25) is 0 Å². The van der Waals surface area contributed by atoms with Crippen molar-refractivity contribution in [3.63, 3.8) is 0 Å². The summed E-state index contributed by atoms with van der Waals surface area (Å²) in [6.07, 6.45) is 4.81. The molecule has 0 amide bonds. The highest BCUT2D eigenvalue weighted by molar-refractivity contribution is 8.09. The molecular formula is C12H21N4O2PS. The van der Waals surface area contributed by atoms with Gasteiger partial charge in [-0.25, -0.2) is 9.97 Å². The predicted molar refractivity (Wildman–Crippen MR) is 84.8 cm³/mol. The lowest BCUT2D eigenvalue weighted by atomic mass is 10.2. The van der Waals surface area contributed by atoms with E-state index in [1.807, 2.05) is 34.9 Å². The van der Waals surface area contributed by atoms with Gasteiger partial charge < -0.3 is 13.9 Å². The second-order valence-corrected chi connectivity index (χ2v) is 7.60. The smallest absolute Gasteiger partial charge is 0.362 e. The molecular weight excluding hydrogens is 295 g/mol. The van der Waals surface area contributed by atoms with Gasteiger partial charge >= 0.3 is 6.64 Å². The Balaban J connectivity index is 2.87. The van der Waals surface area contributed by atoms with Crippen LogP contribution in [-0.2, 0) is 16.3 Å². The molecule has 0 aliphatic rings. The van der Waals surface area contributed by atoms with E-state index in [-0.39, 0.29) is 5.92 Å². The van der Waals surface area contributed by atoms with Crippen LogP contribution in [0.1, 0.15) is 32.5 Å². The molecule has 1 unspecified atom stereocenters. The molecule has 0 saturated carbocycles. The van der Waals surface area contributed by atoms with E-state index in [1.54, 1.807) is 23.6 Å². The van der Waals surface area contributed by atoms with Gasteiger partial charge in [-0.15, -0.1) is 0 Å². The Hall–Kier alpha value is -1.04. The van der Waals surface area contributed by atoms with Crippen LogP contribution >= 0.6 is 6.64 Å². The van der Waals surface area contributed by atoms with E-state index >= 15 is 0 Å². The fraction of sp³-hybridized carbons (Fsp3) is 0.583. The van der Waals surface area contributed by atoms with Crippen molar-refractivity contribution in [2.75, 3.05) is 20.7 Å². The van der Waals surface area contributed by atoms with Crippen molar-refractivity contribution >= 4 is 24.8 Å². The Labute approximate surface area is 125 Å². The first kappa shape index (κ1) is 17.0. The standard InChI is InChI=1S/C12H21N4O2PS/c1-6-17-19(20,15-9-16(4)5)18-11-7-13-12(10(2)3)14-8-11/h7-10H,6H2,1-5H3. The molecule has 1 atom stereocenters.